The third-order valence-electron chi connectivity index (χ3n) is 21.9. The molecule has 556 valence electrons. The number of halogens is 1. The van der Waals surface area contributed by atoms with Gasteiger partial charge in [-0.3, -0.25) is 29.3 Å². The van der Waals surface area contributed by atoms with Crippen LogP contribution in [-0.2, 0) is 28.0 Å². The van der Waals surface area contributed by atoms with Crippen molar-refractivity contribution in [3.63, 3.8) is 0 Å². The number of aromatic nitrogens is 3. The highest BCUT2D eigenvalue weighted by Crippen LogP contribution is 2.43. The summed E-state index contributed by atoms with van der Waals surface area (Å²) in [6.45, 7) is 40.9. The second kappa shape index (κ2) is 42.5. The molecule has 15 nitrogen and oxygen atoms in total. The van der Waals surface area contributed by atoms with Crippen molar-refractivity contribution in [2.45, 2.75) is 264 Å². The van der Waals surface area contributed by atoms with Gasteiger partial charge in [-0.1, -0.05) is 110 Å². The number of fused-ring (bicyclic) bond motifs is 3. The van der Waals surface area contributed by atoms with Gasteiger partial charge in [0, 0.05) is 112 Å². The number of carboxylic acids is 1. The number of amides is 2. The van der Waals surface area contributed by atoms with Gasteiger partial charge in [-0.2, -0.15) is 0 Å². The first-order valence-electron chi connectivity index (χ1n) is 37.7. The Morgan fingerprint density at radius 1 is 0.530 bits per heavy atom. The smallest absolute Gasteiger partial charge is 0.303 e. The van der Waals surface area contributed by atoms with Gasteiger partial charge in [0.05, 0.1) is 29.8 Å². The number of nitrogens with one attached hydrogen (secondary N) is 1. The highest BCUT2D eigenvalue weighted by Gasteiger charge is 2.39. The summed E-state index contributed by atoms with van der Waals surface area (Å²) in [6, 6.07) is 32.5. The molecule has 4 aliphatic rings. The highest BCUT2D eigenvalue weighted by molar-refractivity contribution is 6.74. The van der Waals surface area contributed by atoms with Crippen molar-refractivity contribution >= 4 is 78.9 Å². The SMILES string of the molecule is C1CCOC1.CC(C)N(CCO)C(=O)CC1CCC(c2ccnc3ccccc23)CC1.CC(C)N(CCO[Si](C)(C)C(C)(C)C)C(=O)CC1CCC(c2ccnc3ccccc23)CC1.CC(C)NCCO[Si](C)(C)C(C)(C)C.NCl.O=C(O)CC1CCC(c2ccnc3ccccc23)CC1. The van der Waals surface area contributed by atoms with E-state index in [2.05, 4.69) is 212 Å². The van der Waals surface area contributed by atoms with E-state index in [-0.39, 0.29) is 29.6 Å². The molecule has 100 heavy (non-hydrogen) atoms. The van der Waals surface area contributed by atoms with Gasteiger partial charge in [-0.15, -0.1) is 0 Å². The first-order valence-corrected chi connectivity index (χ1v) is 44.0. The van der Waals surface area contributed by atoms with E-state index in [0.29, 0.717) is 91.5 Å². The Bertz CT molecular complexity index is 3320. The molecular formula is C82H130ClN7O8Si2. The molecule has 10 rings (SSSR count). The molecule has 3 saturated carbocycles. The first-order chi connectivity index (χ1) is 47.5. The zero-order chi connectivity index (χ0) is 73.6. The van der Waals surface area contributed by atoms with E-state index in [1.54, 1.807) is 0 Å². The molecule has 4 fully saturated rings. The number of carbonyl (C=O) groups is 3. The highest BCUT2D eigenvalue weighted by atomic mass is 35.5. The number of benzene rings is 3. The van der Waals surface area contributed by atoms with E-state index < -0.39 is 22.6 Å². The van der Waals surface area contributed by atoms with Gasteiger partial charge in [0.25, 0.3) is 0 Å². The molecular weight excluding hydrogens is 1300 g/mol. The molecule has 0 spiro atoms. The number of ether oxygens (including phenoxy) is 1. The summed E-state index contributed by atoms with van der Waals surface area (Å²) < 4.78 is 17.3. The van der Waals surface area contributed by atoms with Crippen LogP contribution >= 0.6 is 11.8 Å². The molecule has 0 radical (unpaired) electrons. The number of pyridine rings is 3. The third kappa shape index (κ3) is 27.4. The Morgan fingerprint density at radius 3 is 1.16 bits per heavy atom. The summed E-state index contributed by atoms with van der Waals surface area (Å²) in [5, 5.41) is 29.7. The van der Waals surface area contributed by atoms with Crippen molar-refractivity contribution < 1.29 is 38.2 Å². The van der Waals surface area contributed by atoms with Crippen LogP contribution in [0.3, 0.4) is 0 Å². The summed E-state index contributed by atoms with van der Waals surface area (Å²) in [6.07, 6.45) is 23.1. The van der Waals surface area contributed by atoms with Gasteiger partial charge in [-0.25, -0.2) is 5.25 Å². The van der Waals surface area contributed by atoms with Gasteiger partial charge in [0.2, 0.25) is 11.8 Å². The summed E-state index contributed by atoms with van der Waals surface area (Å²) in [5.74, 6) is 2.81. The lowest BCUT2D eigenvalue weighted by Crippen LogP contribution is -2.45. The lowest BCUT2D eigenvalue weighted by atomic mass is 9.76. The van der Waals surface area contributed by atoms with Crippen molar-refractivity contribution in [1.29, 1.82) is 0 Å². The van der Waals surface area contributed by atoms with Crippen molar-refractivity contribution in [3.8, 4) is 0 Å². The number of nitrogens with two attached hydrogens (primary N) is 1. The maximum Gasteiger partial charge on any atom is 0.303 e. The largest absolute Gasteiger partial charge is 0.481 e. The van der Waals surface area contributed by atoms with Crippen molar-refractivity contribution in [1.82, 2.24) is 30.1 Å². The fraction of sp³-hybridized carbons (Fsp3) is 0.634. The third-order valence-corrected chi connectivity index (χ3v) is 31.0. The minimum absolute atomic E-state index is 0.0335. The lowest BCUT2D eigenvalue weighted by Gasteiger charge is -2.37. The minimum Gasteiger partial charge on any atom is -0.481 e. The predicted molar refractivity (Wildman–Crippen MR) is 421 cm³/mol. The Balaban J connectivity index is 0.000000241. The predicted octanol–water partition coefficient (Wildman–Crippen LogP) is 19.2. The van der Waals surface area contributed by atoms with Crippen LogP contribution in [0.4, 0.5) is 0 Å². The zero-order valence-electron chi connectivity index (χ0n) is 64.3. The summed E-state index contributed by atoms with van der Waals surface area (Å²) in [4.78, 5) is 53.8. The number of aliphatic hydroxyl groups excluding tert-OH is 1. The van der Waals surface area contributed by atoms with Gasteiger partial charge >= 0.3 is 5.97 Å². The van der Waals surface area contributed by atoms with E-state index in [1.165, 1.54) is 45.7 Å². The van der Waals surface area contributed by atoms with E-state index >= 15 is 0 Å². The quantitative estimate of drug-likeness (QED) is 0.0284. The van der Waals surface area contributed by atoms with Crippen LogP contribution in [0.5, 0.6) is 0 Å². The van der Waals surface area contributed by atoms with Crippen LogP contribution in [0.2, 0.25) is 36.3 Å². The van der Waals surface area contributed by atoms with Crippen LogP contribution in [-0.4, -0.2) is 140 Å². The molecule has 2 amide bonds. The molecule has 4 heterocycles. The Hall–Kier alpha value is -5.22. The Labute approximate surface area is 610 Å². The zero-order valence-corrected chi connectivity index (χ0v) is 67.1. The van der Waals surface area contributed by atoms with Crippen molar-refractivity contribution in [2.24, 2.45) is 23.0 Å². The number of rotatable bonds is 22. The van der Waals surface area contributed by atoms with Gasteiger partial charge in [0.1, 0.15) is 0 Å². The van der Waals surface area contributed by atoms with E-state index in [4.69, 9.17) is 18.7 Å². The van der Waals surface area contributed by atoms with Crippen LogP contribution in [0.15, 0.2) is 110 Å². The maximum absolute atomic E-state index is 13.2. The van der Waals surface area contributed by atoms with Crippen molar-refractivity contribution in [3.05, 3.63) is 126 Å². The second-order valence-electron chi connectivity index (χ2n) is 32.1. The topological polar surface area (TPSA) is 203 Å². The van der Waals surface area contributed by atoms with Gasteiger partial charge in [-0.05, 0) is 254 Å². The average Bonchev–Trinajstić information content (AvgIpc) is 0.884. The number of hydrogen-bond donors (Lipinski definition) is 4. The standard InChI is InChI=1S/C28H44N2O2Si.C22H30N2O2.C17H19NO2.C11H27NOSi.C4H8O.ClH2N/c1-21(2)30(18-19-32-33(6,7)28(3,4)5)27(31)20-22-12-14-23(15-13-22)24-16-17-29-26-11-9-8-10-25(24)26;1-16(2)24(13-14-25)22(26)15-17-7-9-18(10-8-17)19-11-12-23-21-6-4-3-5-20(19)21;19-17(20)11-12-5-7-13(8-6-12)14-9-10-18-16-4-2-1-3-15(14)16;1-10(2)12-8-9-13-14(6,7)11(3,4)5;1-2-4-5-3-1;1-2/h8-11,16-17,21-23H,12-15,18-20H2,1-7H3;3-6,11-12,16-18,25H,7-10,13-15H2,1-2H3;1-4,9-10,12-13H,5-8,11H2,(H,19,20);10,12H,8-9H2,1-7H3;1-4H2;2H2. The van der Waals surface area contributed by atoms with Crippen LogP contribution in [0.25, 0.3) is 32.7 Å². The lowest BCUT2D eigenvalue weighted by molar-refractivity contribution is -0.138. The van der Waals surface area contributed by atoms with Gasteiger partial charge in [0.15, 0.2) is 16.6 Å². The normalized spacial score (nSPS) is 19.6. The molecule has 0 atom stereocenters. The number of aliphatic hydroxyl groups is 1. The number of carboxylic acid groups (broad SMARTS) is 1. The fourth-order valence-corrected chi connectivity index (χ4v) is 16.0. The second-order valence-corrected chi connectivity index (χ2v) is 41.8. The number of aliphatic carboxylic acids is 1. The average molecular weight is 1430 g/mol. The minimum atomic E-state index is -1.79. The van der Waals surface area contributed by atoms with E-state index in [1.807, 2.05) is 54.4 Å². The molecule has 1 saturated heterocycles. The van der Waals surface area contributed by atoms with Crippen LogP contribution in [0, 0.1) is 17.8 Å². The molecule has 18 heteroatoms. The molecule has 3 aromatic heterocycles. The number of hydrogen-bond acceptors (Lipinski definition) is 12. The van der Waals surface area contributed by atoms with E-state index in [0.717, 1.165) is 120 Å². The first kappa shape index (κ1) is 85.4. The summed E-state index contributed by atoms with van der Waals surface area (Å²) in [7, 11) is -3.30. The number of para-hydroxylation sites is 3. The molecule has 1 aliphatic heterocycles. The van der Waals surface area contributed by atoms with E-state index in [9.17, 15) is 19.5 Å². The Kier molecular flexibility index (Phi) is 36.3. The fourth-order valence-electron chi connectivity index (χ4n) is 13.9. The van der Waals surface area contributed by atoms with Crippen LogP contribution in [0.1, 0.15) is 227 Å². The Morgan fingerprint density at radius 2 is 0.860 bits per heavy atom. The van der Waals surface area contributed by atoms with Crippen molar-refractivity contribution in [2.75, 3.05) is 52.7 Å². The van der Waals surface area contributed by atoms with Crippen LogP contribution < -0.4 is 10.6 Å². The molecule has 0 bridgehead atoms. The number of carbonyl (C=O) groups excluding carboxylic acids is 2. The monoisotopic (exact) mass is 1430 g/mol. The van der Waals surface area contributed by atoms with Gasteiger partial charge < -0.3 is 38.9 Å². The molecule has 3 aliphatic carbocycles. The molecule has 3 aromatic carbocycles. The molecule has 6 aromatic rings. The summed E-state index contributed by atoms with van der Waals surface area (Å²) >= 11 is 4.14. The summed E-state index contributed by atoms with van der Waals surface area (Å²) in [5.41, 5.74) is 7.42. The number of nitrogens with zero attached hydrogens (tertiary/aromatic N) is 5. The molecule has 5 N–H and O–H groups in total. The molecule has 0 unspecified atom stereocenters. The maximum atomic E-state index is 13.2.